The highest BCUT2D eigenvalue weighted by Gasteiger charge is 2.51. The van der Waals surface area contributed by atoms with E-state index in [0.717, 1.165) is 5.56 Å². The van der Waals surface area contributed by atoms with Gasteiger partial charge in [-0.1, -0.05) is 32.9 Å². The summed E-state index contributed by atoms with van der Waals surface area (Å²) in [6, 6.07) is 6.24. The number of rotatable bonds is 12. The highest BCUT2D eigenvalue weighted by Crippen LogP contribution is 2.31. The first-order valence-electron chi connectivity index (χ1n) is 19.9. The molecule has 0 radical (unpaired) electrons. The molecule has 0 bridgehead atoms. The van der Waals surface area contributed by atoms with Crippen molar-refractivity contribution in [2.24, 2.45) is 5.92 Å². The number of nitrogens with one attached hydrogen (secondary N) is 2. The average molecular weight is 812 g/mol. The predicted molar refractivity (Wildman–Crippen MR) is 200 cm³/mol. The van der Waals surface area contributed by atoms with Crippen LogP contribution in [0, 0.1) is 5.92 Å². The summed E-state index contributed by atoms with van der Waals surface area (Å²) in [5, 5.41) is 59.8. The van der Waals surface area contributed by atoms with Crippen LogP contribution < -0.4 is 15.4 Å². The molecule has 18 heteroatoms. The summed E-state index contributed by atoms with van der Waals surface area (Å²) in [7, 11) is 0. The molecule has 1 aromatic carbocycles. The molecule has 3 aliphatic rings. The molecule has 2 amide bonds. The Morgan fingerprint density at radius 2 is 1.67 bits per heavy atom. The Bertz CT molecular complexity index is 1450. The molecule has 4 rings (SSSR count). The van der Waals surface area contributed by atoms with Gasteiger partial charge in [-0.3, -0.25) is 19.2 Å². The van der Waals surface area contributed by atoms with Crippen molar-refractivity contribution < 1.29 is 73.1 Å². The number of aliphatic hydroxyl groups is 5. The molecule has 0 unspecified atom stereocenters. The van der Waals surface area contributed by atoms with Gasteiger partial charge in [-0.2, -0.15) is 0 Å². The van der Waals surface area contributed by atoms with Gasteiger partial charge in [0.05, 0.1) is 12.6 Å². The van der Waals surface area contributed by atoms with Gasteiger partial charge in [-0.05, 0) is 56.8 Å². The average Bonchev–Trinajstić information content (AvgIpc) is 3.19. The predicted octanol–water partition coefficient (Wildman–Crippen LogP) is -0.195. The van der Waals surface area contributed by atoms with Crippen molar-refractivity contribution in [3.63, 3.8) is 0 Å². The topological polar surface area (TPSA) is 252 Å². The number of carbonyl (C=O) groups is 4. The Kier molecular flexibility index (Phi) is 17.9. The van der Waals surface area contributed by atoms with Crippen LogP contribution in [-0.2, 0) is 42.9 Å². The largest absolute Gasteiger partial charge is 0.463 e. The van der Waals surface area contributed by atoms with Crippen LogP contribution in [0.2, 0.25) is 0 Å². The summed E-state index contributed by atoms with van der Waals surface area (Å²) in [4.78, 5) is 51.8. The summed E-state index contributed by atoms with van der Waals surface area (Å²) in [6.07, 6.45) is -13.2. The van der Waals surface area contributed by atoms with Crippen LogP contribution in [0.5, 0.6) is 5.75 Å². The molecular weight excluding hydrogens is 750 g/mol. The second-order valence-electron chi connectivity index (χ2n) is 15.0. The quantitative estimate of drug-likeness (QED) is 0.135. The van der Waals surface area contributed by atoms with E-state index in [1.807, 2.05) is 13.8 Å². The summed E-state index contributed by atoms with van der Waals surface area (Å²) in [5.41, 5.74) is 0.725. The van der Waals surface area contributed by atoms with Crippen LogP contribution in [0.4, 0.5) is 0 Å². The molecule has 3 fully saturated rings. The number of benzene rings is 1. The van der Waals surface area contributed by atoms with Crippen LogP contribution >= 0.6 is 0 Å². The van der Waals surface area contributed by atoms with Crippen molar-refractivity contribution in [3.8, 4) is 5.75 Å². The van der Waals surface area contributed by atoms with E-state index in [4.69, 9.17) is 28.4 Å². The lowest BCUT2D eigenvalue weighted by molar-refractivity contribution is -0.355. The van der Waals surface area contributed by atoms with E-state index in [9.17, 15) is 44.7 Å². The maximum absolute atomic E-state index is 13.1. The van der Waals surface area contributed by atoms with Gasteiger partial charge < -0.3 is 69.5 Å². The molecule has 1 aromatic rings. The van der Waals surface area contributed by atoms with Crippen molar-refractivity contribution in [1.29, 1.82) is 0 Å². The van der Waals surface area contributed by atoms with Crippen molar-refractivity contribution >= 4 is 23.8 Å². The molecule has 3 aliphatic heterocycles. The smallest absolute Gasteiger partial charge is 0.305 e. The Balaban J connectivity index is 1.47. The highest BCUT2D eigenvalue weighted by molar-refractivity contribution is 5.78. The maximum Gasteiger partial charge on any atom is 0.305 e. The SMILES string of the molecule is CCCC(=O)OC[C@H]1O[C@@H](O[C@H]2[C@H](Oc3ccc([C@@H]4CC(=O)NCCCN(C(=O)[C@@H](C)CC)C[C@H](OC(C)=O)CCN4)cc3)O[C@@H](C)[C@H](O)[C@H]2O)[C@H](O)[C@@H](O)[C@@H]1O. The lowest BCUT2D eigenvalue weighted by Crippen LogP contribution is -2.64. The number of esters is 2. The van der Waals surface area contributed by atoms with Crippen LogP contribution in [0.3, 0.4) is 0 Å². The molecule has 3 saturated heterocycles. The molecule has 18 nitrogen and oxygen atoms in total. The molecule has 3 heterocycles. The minimum atomic E-state index is -1.80. The third-order valence-corrected chi connectivity index (χ3v) is 10.4. The number of aliphatic hydroxyl groups excluding tert-OH is 5. The van der Waals surface area contributed by atoms with Crippen molar-refractivity contribution in [2.75, 3.05) is 32.8 Å². The third-order valence-electron chi connectivity index (χ3n) is 10.4. The fourth-order valence-electron chi connectivity index (χ4n) is 6.86. The normalized spacial score (nSPS) is 33.7. The highest BCUT2D eigenvalue weighted by atomic mass is 16.8. The summed E-state index contributed by atoms with van der Waals surface area (Å²) in [6.45, 7) is 9.33. The fourth-order valence-corrected chi connectivity index (χ4v) is 6.86. The second kappa shape index (κ2) is 22.1. The third kappa shape index (κ3) is 13.0. The van der Waals surface area contributed by atoms with Gasteiger partial charge in [0.2, 0.25) is 18.1 Å². The zero-order valence-electron chi connectivity index (χ0n) is 33.4. The number of hydrogen-bond acceptors (Lipinski definition) is 16. The van der Waals surface area contributed by atoms with E-state index in [1.54, 1.807) is 36.1 Å². The molecule has 0 saturated carbocycles. The van der Waals surface area contributed by atoms with Crippen molar-refractivity contribution in [2.45, 2.75) is 147 Å². The molecular formula is C39H61N3O15. The van der Waals surface area contributed by atoms with Crippen LogP contribution in [-0.4, -0.2) is 154 Å². The van der Waals surface area contributed by atoms with Gasteiger partial charge in [0, 0.05) is 44.8 Å². The molecule has 57 heavy (non-hydrogen) atoms. The minimum Gasteiger partial charge on any atom is -0.463 e. The standard InChI is InChI=1S/C39H61N3O15/c1-6-9-30(45)52-20-28-32(47)33(48)35(50)38(56-28)57-36-34(49)31(46)22(4)53-39(36)55-25-12-10-24(11-13-25)27-18-29(44)41-15-8-17-42(37(51)21(3)7-2)19-26(14-16-40-27)54-23(5)43/h10-13,21-22,26-28,31-36,38-40,46-50H,6-9,14-20H2,1-5H3,(H,41,44)/t21-,22-,26+,27-,28+,31-,32+,33-,34+,35+,36+,38-,39-/m0/s1. The molecule has 322 valence electrons. The Morgan fingerprint density at radius 1 is 0.947 bits per heavy atom. The lowest BCUT2D eigenvalue weighted by Gasteiger charge is -2.45. The zero-order chi connectivity index (χ0) is 41.8. The first-order valence-corrected chi connectivity index (χ1v) is 19.9. The van der Waals surface area contributed by atoms with E-state index < -0.39 is 92.1 Å². The number of amides is 2. The van der Waals surface area contributed by atoms with Crippen LogP contribution in [0.25, 0.3) is 0 Å². The number of nitrogens with zero attached hydrogens (tertiary/aromatic N) is 1. The number of hydrogen-bond donors (Lipinski definition) is 7. The number of carbonyl (C=O) groups excluding carboxylic acids is 4. The van der Waals surface area contributed by atoms with Gasteiger partial charge in [-0.25, -0.2) is 0 Å². The Hall–Kier alpha value is -3.46. The van der Waals surface area contributed by atoms with Gasteiger partial charge in [0.15, 0.2) is 12.4 Å². The van der Waals surface area contributed by atoms with E-state index in [0.29, 0.717) is 45.3 Å². The molecule has 0 aromatic heterocycles. The first kappa shape index (κ1) is 46.2. The van der Waals surface area contributed by atoms with Crippen LogP contribution in [0.15, 0.2) is 24.3 Å². The molecule has 0 spiro atoms. The van der Waals surface area contributed by atoms with Gasteiger partial charge in [0.25, 0.3) is 0 Å². The monoisotopic (exact) mass is 811 g/mol. The lowest BCUT2D eigenvalue weighted by atomic mass is 9.97. The fraction of sp³-hybridized carbons (Fsp3) is 0.744. The molecule has 0 aliphatic carbocycles. The Labute approximate surface area is 333 Å². The van der Waals surface area contributed by atoms with E-state index in [2.05, 4.69) is 10.6 Å². The molecule has 13 atom stereocenters. The summed E-state index contributed by atoms with van der Waals surface area (Å²) in [5.74, 6) is -1.18. The van der Waals surface area contributed by atoms with Crippen molar-refractivity contribution in [3.05, 3.63) is 29.8 Å². The van der Waals surface area contributed by atoms with Crippen molar-refractivity contribution in [1.82, 2.24) is 15.5 Å². The summed E-state index contributed by atoms with van der Waals surface area (Å²) < 4.78 is 34.3. The van der Waals surface area contributed by atoms with Gasteiger partial charge in [0.1, 0.15) is 55.1 Å². The summed E-state index contributed by atoms with van der Waals surface area (Å²) >= 11 is 0. The first-order chi connectivity index (χ1) is 27.1. The number of ether oxygens (including phenoxy) is 6. The Morgan fingerprint density at radius 3 is 2.33 bits per heavy atom. The van der Waals surface area contributed by atoms with Crippen LogP contribution in [0.1, 0.15) is 84.7 Å². The maximum atomic E-state index is 13.1. The van der Waals surface area contributed by atoms with Gasteiger partial charge in [-0.15, -0.1) is 0 Å². The second-order valence-corrected chi connectivity index (χ2v) is 15.0. The van der Waals surface area contributed by atoms with E-state index in [-0.39, 0.29) is 42.9 Å². The van der Waals surface area contributed by atoms with E-state index >= 15 is 0 Å². The minimum absolute atomic E-state index is 0.0326. The van der Waals surface area contributed by atoms with Gasteiger partial charge >= 0.3 is 11.9 Å². The van der Waals surface area contributed by atoms with E-state index in [1.165, 1.54) is 13.8 Å². The zero-order valence-corrected chi connectivity index (χ0v) is 33.4. The molecule has 7 N–H and O–H groups in total.